The highest BCUT2D eigenvalue weighted by Crippen LogP contribution is 2.17. The second kappa shape index (κ2) is 5.75. The molecule has 0 fully saturated rings. The van der Waals surface area contributed by atoms with E-state index in [1.54, 1.807) is 31.2 Å². The molecule has 0 saturated heterocycles. The topological polar surface area (TPSA) is 64.4 Å². The normalized spacial score (nSPS) is 10.3. The number of hydrogen-bond acceptors (Lipinski definition) is 5. The Hall–Kier alpha value is -2.01. The number of aryl methyl sites for hydroxylation is 1. The number of esters is 1. The van der Waals surface area contributed by atoms with Gasteiger partial charge in [-0.2, -0.15) is 0 Å². The zero-order valence-electron chi connectivity index (χ0n) is 10.6. The predicted octanol–water partition coefficient (Wildman–Crippen LogP) is 3.04. The number of nitrogens with zero attached hydrogens (tertiary/aromatic N) is 1. The standard InChI is InChI=1S/C13H13ClN2O3/c1-8-10(13(17)18-2)6-9(19-8)7-15-12-5-3-4-11(14)16-12/h3-6H,7H2,1-2H3,(H,15,16). The van der Waals surface area contributed by atoms with Crippen LogP contribution in [0.4, 0.5) is 5.82 Å². The Balaban J connectivity index is 2.06. The van der Waals surface area contributed by atoms with Gasteiger partial charge in [0.1, 0.15) is 28.1 Å². The number of nitrogens with one attached hydrogen (secondary N) is 1. The fraction of sp³-hybridized carbons (Fsp3) is 0.231. The first-order chi connectivity index (χ1) is 9.10. The van der Waals surface area contributed by atoms with Crippen molar-refractivity contribution in [3.05, 3.63) is 46.5 Å². The number of methoxy groups -OCH3 is 1. The lowest BCUT2D eigenvalue weighted by Gasteiger charge is -2.02. The molecule has 0 spiro atoms. The summed E-state index contributed by atoms with van der Waals surface area (Å²) in [5.74, 6) is 1.39. The lowest BCUT2D eigenvalue weighted by Crippen LogP contribution is -2.01. The van der Waals surface area contributed by atoms with E-state index in [1.165, 1.54) is 7.11 Å². The van der Waals surface area contributed by atoms with E-state index in [4.69, 9.17) is 16.0 Å². The number of rotatable bonds is 4. The van der Waals surface area contributed by atoms with Gasteiger partial charge in [-0.25, -0.2) is 9.78 Å². The number of hydrogen-bond donors (Lipinski definition) is 1. The molecular formula is C13H13ClN2O3. The minimum atomic E-state index is -0.409. The molecule has 1 N–H and O–H groups in total. The molecule has 0 aliphatic carbocycles. The zero-order valence-corrected chi connectivity index (χ0v) is 11.3. The molecule has 2 aromatic heterocycles. The fourth-order valence-electron chi connectivity index (χ4n) is 1.63. The van der Waals surface area contributed by atoms with E-state index in [1.807, 2.05) is 0 Å². The predicted molar refractivity (Wildman–Crippen MR) is 71.4 cm³/mol. The molecule has 2 aromatic rings. The Morgan fingerprint density at radius 3 is 3.00 bits per heavy atom. The minimum absolute atomic E-state index is 0.408. The third kappa shape index (κ3) is 3.26. The minimum Gasteiger partial charge on any atom is -0.465 e. The van der Waals surface area contributed by atoms with Gasteiger partial charge in [-0.3, -0.25) is 0 Å². The van der Waals surface area contributed by atoms with Crippen LogP contribution < -0.4 is 5.32 Å². The van der Waals surface area contributed by atoms with Gasteiger partial charge in [0.2, 0.25) is 0 Å². The molecular weight excluding hydrogens is 268 g/mol. The Morgan fingerprint density at radius 1 is 1.53 bits per heavy atom. The van der Waals surface area contributed by atoms with E-state index in [-0.39, 0.29) is 0 Å². The molecule has 5 nitrogen and oxygen atoms in total. The molecule has 0 unspecified atom stereocenters. The molecule has 0 amide bonds. The van der Waals surface area contributed by atoms with Crippen LogP contribution in [0.1, 0.15) is 21.9 Å². The van der Waals surface area contributed by atoms with Gasteiger partial charge >= 0.3 is 5.97 Å². The number of ether oxygens (including phenoxy) is 1. The van der Waals surface area contributed by atoms with Gasteiger partial charge in [0.15, 0.2) is 0 Å². The molecule has 0 saturated carbocycles. The Kier molecular flexibility index (Phi) is 4.06. The van der Waals surface area contributed by atoms with E-state index >= 15 is 0 Å². The van der Waals surface area contributed by atoms with Crippen LogP contribution in [0, 0.1) is 6.92 Å². The first kappa shape index (κ1) is 13.4. The summed E-state index contributed by atoms with van der Waals surface area (Å²) in [4.78, 5) is 15.5. The average Bonchev–Trinajstić information content (AvgIpc) is 2.77. The number of carbonyl (C=O) groups is 1. The molecule has 0 bridgehead atoms. The Morgan fingerprint density at radius 2 is 2.32 bits per heavy atom. The maximum Gasteiger partial charge on any atom is 0.341 e. The molecule has 0 radical (unpaired) electrons. The number of furan rings is 1. The molecule has 2 rings (SSSR count). The third-order valence-electron chi connectivity index (χ3n) is 2.53. The van der Waals surface area contributed by atoms with E-state index in [0.29, 0.717) is 34.6 Å². The van der Waals surface area contributed by atoms with Crippen molar-refractivity contribution in [3.63, 3.8) is 0 Å². The summed E-state index contributed by atoms with van der Waals surface area (Å²) in [5, 5.41) is 3.47. The maximum absolute atomic E-state index is 11.4. The monoisotopic (exact) mass is 280 g/mol. The van der Waals surface area contributed by atoms with Gasteiger partial charge in [-0.15, -0.1) is 0 Å². The SMILES string of the molecule is COC(=O)c1cc(CNc2cccc(Cl)n2)oc1C. The van der Waals surface area contributed by atoms with Crippen LogP contribution in [0.25, 0.3) is 0 Å². The molecule has 6 heteroatoms. The summed E-state index contributed by atoms with van der Waals surface area (Å²) in [7, 11) is 1.34. The summed E-state index contributed by atoms with van der Waals surface area (Å²) in [6.07, 6.45) is 0. The largest absolute Gasteiger partial charge is 0.465 e. The third-order valence-corrected chi connectivity index (χ3v) is 2.74. The molecule has 0 aliphatic heterocycles. The van der Waals surface area contributed by atoms with Gasteiger partial charge in [0.25, 0.3) is 0 Å². The molecule has 19 heavy (non-hydrogen) atoms. The number of pyridine rings is 1. The first-order valence-electron chi connectivity index (χ1n) is 5.64. The van der Waals surface area contributed by atoms with E-state index < -0.39 is 5.97 Å². The fourth-order valence-corrected chi connectivity index (χ4v) is 1.79. The lowest BCUT2D eigenvalue weighted by molar-refractivity contribution is 0.0599. The second-order valence-corrected chi connectivity index (χ2v) is 4.26. The number of carbonyl (C=O) groups excluding carboxylic acids is 1. The van der Waals surface area contributed by atoms with Crippen LogP contribution in [-0.4, -0.2) is 18.1 Å². The summed E-state index contributed by atoms with van der Waals surface area (Å²) < 4.78 is 10.1. The van der Waals surface area contributed by atoms with Crippen molar-refractivity contribution in [1.82, 2.24) is 4.98 Å². The van der Waals surface area contributed by atoms with Crippen molar-refractivity contribution >= 4 is 23.4 Å². The van der Waals surface area contributed by atoms with Crippen molar-refractivity contribution in [2.75, 3.05) is 12.4 Å². The van der Waals surface area contributed by atoms with E-state index in [0.717, 1.165) is 0 Å². The summed E-state index contributed by atoms with van der Waals surface area (Å²) in [6, 6.07) is 6.94. The van der Waals surface area contributed by atoms with Gasteiger partial charge in [-0.1, -0.05) is 17.7 Å². The van der Waals surface area contributed by atoms with Gasteiger partial charge in [-0.05, 0) is 25.1 Å². The highest BCUT2D eigenvalue weighted by Gasteiger charge is 2.15. The number of halogens is 1. The van der Waals surface area contributed by atoms with Crippen molar-refractivity contribution in [2.24, 2.45) is 0 Å². The maximum atomic E-state index is 11.4. The smallest absolute Gasteiger partial charge is 0.341 e. The van der Waals surface area contributed by atoms with Crippen molar-refractivity contribution in [2.45, 2.75) is 13.5 Å². The Bertz CT molecular complexity index is 595. The second-order valence-electron chi connectivity index (χ2n) is 3.87. The van der Waals surface area contributed by atoms with Gasteiger partial charge in [0.05, 0.1) is 13.7 Å². The van der Waals surface area contributed by atoms with Crippen LogP contribution in [0.5, 0.6) is 0 Å². The molecule has 2 heterocycles. The summed E-state index contributed by atoms with van der Waals surface area (Å²) >= 11 is 5.78. The number of aromatic nitrogens is 1. The highest BCUT2D eigenvalue weighted by atomic mass is 35.5. The highest BCUT2D eigenvalue weighted by molar-refractivity contribution is 6.29. The van der Waals surface area contributed by atoms with Crippen LogP contribution in [-0.2, 0) is 11.3 Å². The Labute approximate surface area is 115 Å². The van der Waals surface area contributed by atoms with E-state index in [2.05, 4.69) is 15.0 Å². The summed E-state index contributed by atoms with van der Waals surface area (Å²) in [6.45, 7) is 2.12. The quantitative estimate of drug-likeness (QED) is 0.689. The van der Waals surface area contributed by atoms with Crippen molar-refractivity contribution in [3.8, 4) is 0 Å². The van der Waals surface area contributed by atoms with Crippen LogP contribution in [0.3, 0.4) is 0 Å². The van der Waals surface area contributed by atoms with Crippen LogP contribution >= 0.6 is 11.6 Å². The van der Waals surface area contributed by atoms with Gasteiger partial charge in [0, 0.05) is 0 Å². The van der Waals surface area contributed by atoms with Crippen LogP contribution in [0.15, 0.2) is 28.7 Å². The van der Waals surface area contributed by atoms with Crippen molar-refractivity contribution < 1.29 is 13.9 Å². The lowest BCUT2D eigenvalue weighted by atomic mass is 10.2. The van der Waals surface area contributed by atoms with Crippen molar-refractivity contribution in [1.29, 1.82) is 0 Å². The van der Waals surface area contributed by atoms with E-state index in [9.17, 15) is 4.79 Å². The van der Waals surface area contributed by atoms with Crippen LogP contribution in [0.2, 0.25) is 5.15 Å². The number of anilines is 1. The molecule has 0 aliphatic rings. The molecule has 0 aromatic carbocycles. The van der Waals surface area contributed by atoms with Gasteiger partial charge < -0.3 is 14.5 Å². The average molecular weight is 281 g/mol. The zero-order chi connectivity index (χ0) is 13.8. The first-order valence-corrected chi connectivity index (χ1v) is 6.02. The molecule has 100 valence electrons. The molecule has 0 atom stereocenters. The summed E-state index contributed by atoms with van der Waals surface area (Å²) in [5.41, 5.74) is 0.429.